The maximum absolute atomic E-state index is 13.1. The first kappa shape index (κ1) is 17.9. The van der Waals surface area contributed by atoms with E-state index in [1.807, 2.05) is 6.92 Å². The fourth-order valence-corrected chi connectivity index (χ4v) is 2.84. The molecule has 1 aromatic carbocycles. The van der Waals surface area contributed by atoms with Gasteiger partial charge in [0.1, 0.15) is 12.4 Å². The number of carbonyl (C=O) groups excluding carboxylic acids is 1. The summed E-state index contributed by atoms with van der Waals surface area (Å²) in [5.41, 5.74) is 0.419. The lowest BCUT2D eigenvalue weighted by molar-refractivity contribution is -0.114. The Balaban J connectivity index is 1.88. The van der Waals surface area contributed by atoms with Crippen molar-refractivity contribution in [3.8, 4) is 0 Å². The van der Waals surface area contributed by atoms with Gasteiger partial charge in [-0.1, -0.05) is 6.07 Å². The Labute approximate surface area is 145 Å². The zero-order chi connectivity index (χ0) is 17.4. The van der Waals surface area contributed by atoms with Gasteiger partial charge in [0.2, 0.25) is 5.91 Å². The Kier molecular flexibility index (Phi) is 6.74. The molecule has 7 heteroatoms. The van der Waals surface area contributed by atoms with Crippen molar-refractivity contribution in [2.75, 3.05) is 18.4 Å². The molecule has 1 heterocycles. The van der Waals surface area contributed by atoms with Crippen LogP contribution < -0.4 is 16.0 Å². The highest BCUT2D eigenvalue weighted by molar-refractivity contribution is 7.11. The normalized spacial score (nSPS) is 11.2. The van der Waals surface area contributed by atoms with Crippen molar-refractivity contribution in [3.05, 3.63) is 52.0 Å². The van der Waals surface area contributed by atoms with Crippen molar-refractivity contribution in [2.45, 2.75) is 20.4 Å². The Hall–Kier alpha value is -2.41. The molecule has 1 aromatic heterocycles. The highest BCUT2D eigenvalue weighted by atomic mass is 32.1. The molecule has 0 radical (unpaired) electrons. The second kappa shape index (κ2) is 9.02. The Morgan fingerprint density at radius 2 is 2.08 bits per heavy atom. The third-order valence-electron chi connectivity index (χ3n) is 3.06. The molecule has 0 aliphatic heterocycles. The molecule has 128 valence electrons. The van der Waals surface area contributed by atoms with Crippen LogP contribution in [0.3, 0.4) is 0 Å². The van der Waals surface area contributed by atoms with Crippen molar-refractivity contribution in [1.82, 2.24) is 10.6 Å². The number of aryl methyl sites for hydroxylation is 1. The first-order valence-electron chi connectivity index (χ1n) is 7.69. The zero-order valence-corrected chi connectivity index (χ0v) is 14.5. The van der Waals surface area contributed by atoms with Crippen LogP contribution in [0, 0.1) is 12.7 Å². The Morgan fingerprint density at radius 1 is 1.25 bits per heavy atom. The van der Waals surface area contributed by atoms with Gasteiger partial charge in [0.25, 0.3) is 0 Å². The van der Waals surface area contributed by atoms with Crippen molar-refractivity contribution >= 4 is 28.9 Å². The van der Waals surface area contributed by atoms with E-state index in [0.29, 0.717) is 24.7 Å². The summed E-state index contributed by atoms with van der Waals surface area (Å²) in [7, 11) is 0. The number of hydrogen-bond acceptors (Lipinski definition) is 3. The Bertz CT molecular complexity index is 714. The lowest BCUT2D eigenvalue weighted by atomic mass is 10.3. The standard InChI is InChI=1S/C17H21FN4OS/c1-3-19-17(20-10-15-8-7-12(2)24-15)21-11-16(23)22-14-6-4-5-13(18)9-14/h4-9H,3,10-11H2,1-2H3,(H,22,23)(H2,19,20,21). The molecule has 0 bridgehead atoms. The third-order valence-corrected chi connectivity index (χ3v) is 4.06. The van der Waals surface area contributed by atoms with E-state index in [-0.39, 0.29) is 12.5 Å². The van der Waals surface area contributed by atoms with E-state index in [9.17, 15) is 9.18 Å². The van der Waals surface area contributed by atoms with Gasteiger partial charge in [-0.05, 0) is 44.2 Å². The predicted molar refractivity (Wildman–Crippen MR) is 96.9 cm³/mol. The number of guanidine groups is 1. The molecule has 0 fully saturated rings. The van der Waals surface area contributed by atoms with Crippen molar-refractivity contribution in [2.24, 2.45) is 4.99 Å². The van der Waals surface area contributed by atoms with Crippen LogP contribution in [0.1, 0.15) is 16.7 Å². The van der Waals surface area contributed by atoms with E-state index >= 15 is 0 Å². The molecule has 0 aliphatic rings. The van der Waals surface area contributed by atoms with E-state index in [4.69, 9.17) is 0 Å². The summed E-state index contributed by atoms with van der Waals surface area (Å²) in [6.07, 6.45) is 0. The van der Waals surface area contributed by atoms with E-state index in [1.54, 1.807) is 23.5 Å². The molecule has 3 N–H and O–H groups in total. The second-order valence-corrected chi connectivity index (χ2v) is 6.49. The molecule has 2 rings (SSSR count). The summed E-state index contributed by atoms with van der Waals surface area (Å²) in [5.74, 6) is -0.125. The molecule has 0 saturated heterocycles. The van der Waals surface area contributed by atoms with Crippen molar-refractivity contribution in [1.29, 1.82) is 0 Å². The number of amides is 1. The predicted octanol–water partition coefficient (Wildman–Crippen LogP) is 2.89. The number of hydrogen-bond donors (Lipinski definition) is 3. The summed E-state index contributed by atoms with van der Waals surface area (Å²) >= 11 is 1.72. The second-order valence-electron chi connectivity index (χ2n) is 5.12. The third kappa shape index (κ3) is 6.00. The zero-order valence-electron chi connectivity index (χ0n) is 13.7. The molecule has 1 amide bonds. The Morgan fingerprint density at radius 3 is 2.75 bits per heavy atom. The monoisotopic (exact) mass is 348 g/mol. The molecule has 0 saturated carbocycles. The first-order chi connectivity index (χ1) is 11.6. The number of rotatable bonds is 6. The van der Waals surface area contributed by atoms with E-state index < -0.39 is 5.82 Å². The molecule has 2 aromatic rings. The average Bonchev–Trinajstić information content (AvgIpc) is 2.95. The molecule has 0 atom stereocenters. The SMILES string of the molecule is CCNC(=NCC(=O)Nc1cccc(F)c1)NCc1ccc(C)s1. The molecule has 0 aliphatic carbocycles. The first-order valence-corrected chi connectivity index (χ1v) is 8.51. The minimum Gasteiger partial charge on any atom is -0.357 e. The number of halogens is 1. The molecule has 5 nitrogen and oxygen atoms in total. The minimum atomic E-state index is -0.391. The number of aliphatic imine (C=N–C) groups is 1. The summed E-state index contributed by atoms with van der Waals surface area (Å²) in [5, 5.41) is 8.90. The molecule has 24 heavy (non-hydrogen) atoms. The average molecular weight is 348 g/mol. The van der Waals surface area contributed by atoms with Gasteiger partial charge in [-0.25, -0.2) is 9.38 Å². The van der Waals surface area contributed by atoms with Crippen LogP contribution in [0.15, 0.2) is 41.4 Å². The molecular formula is C17H21FN4OS. The molecule has 0 spiro atoms. The maximum atomic E-state index is 13.1. The summed E-state index contributed by atoms with van der Waals surface area (Å²) in [6.45, 7) is 5.31. The highest BCUT2D eigenvalue weighted by Gasteiger charge is 2.04. The number of nitrogens with zero attached hydrogens (tertiary/aromatic N) is 1. The molecular weight excluding hydrogens is 327 g/mol. The van der Waals surface area contributed by atoms with Crippen LogP contribution >= 0.6 is 11.3 Å². The van der Waals surface area contributed by atoms with Crippen LogP contribution in [0.25, 0.3) is 0 Å². The van der Waals surface area contributed by atoms with Gasteiger partial charge in [0, 0.05) is 22.0 Å². The lowest BCUT2D eigenvalue weighted by Gasteiger charge is -2.10. The van der Waals surface area contributed by atoms with Gasteiger partial charge in [-0.3, -0.25) is 4.79 Å². The maximum Gasteiger partial charge on any atom is 0.246 e. The van der Waals surface area contributed by atoms with Crippen molar-refractivity contribution < 1.29 is 9.18 Å². The fourth-order valence-electron chi connectivity index (χ4n) is 2.01. The minimum absolute atomic E-state index is 0.0463. The van der Waals surface area contributed by atoms with Crippen LogP contribution in [-0.4, -0.2) is 25.0 Å². The number of anilines is 1. The van der Waals surface area contributed by atoms with Crippen LogP contribution in [0.5, 0.6) is 0 Å². The number of nitrogens with one attached hydrogen (secondary N) is 3. The van der Waals surface area contributed by atoms with Gasteiger partial charge >= 0.3 is 0 Å². The van der Waals surface area contributed by atoms with E-state index in [1.165, 1.54) is 21.9 Å². The highest BCUT2D eigenvalue weighted by Crippen LogP contribution is 2.14. The number of carbonyl (C=O) groups is 1. The lowest BCUT2D eigenvalue weighted by Crippen LogP contribution is -2.37. The van der Waals surface area contributed by atoms with Crippen molar-refractivity contribution in [3.63, 3.8) is 0 Å². The van der Waals surface area contributed by atoms with Gasteiger partial charge in [0.05, 0.1) is 6.54 Å². The summed E-state index contributed by atoms with van der Waals surface area (Å²) < 4.78 is 13.1. The van der Waals surface area contributed by atoms with Crippen LogP contribution in [0.4, 0.5) is 10.1 Å². The van der Waals surface area contributed by atoms with E-state index in [2.05, 4.69) is 40.0 Å². The summed E-state index contributed by atoms with van der Waals surface area (Å²) in [6, 6.07) is 9.90. The van der Waals surface area contributed by atoms with Crippen LogP contribution in [0.2, 0.25) is 0 Å². The molecule has 0 unspecified atom stereocenters. The van der Waals surface area contributed by atoms with Crippen LogP contribution in [-0.2, 0) is 11.3 Å². The summed E-state index contributed by atoms with van der Waals surface area (Å²) in [4.78, 5) is 18.6. The van der Waals surface area contributed by atoms with Gasteiger partial charge in [0.15, 0.2) is 5.96 Å². The largest absolute Gasteiger partial charge is 0.357 e. The topological polar surface area (TPSA) is 65.5 Å². The van der Waals surface area contributed by atoms with Gasteiger partial charge in [-0.2, -0.15) is 0 Å². The fraction of sp³-hybridized carbons (Fsp3) is 0.294. The smallest absolute Gasteiger partial charge is 0.246 e. The quantitative estimate of drug-likeness (QED) is 0.555. The number of benzene rings is 1. The van der Waals surface area contributed by atoms with E-state index in [0.717, 1.165) is 0 Å². The van der Waals surface area contributed by atoms with Gasteiger partial charge < -0.3 is 16.0 Å². The van der Waals surface area contributed by atoms with Gasteiger partial charge in [-0.15, -0.1) is 11.3 Å². The number of thiophene rings is 1.